The van der Waals surface area contributed by atoms with Gasteiger partial charge in [-0.3, -0.25) is 0 Å². The molecular weight excluding hydrogens is 336 g/mol. The summed E-state index contributed by atoms with van der Waals surface area (Å²) in [4.78, 5) is 0. The van der Waals surface area contributed by atoms with Crippen LogP contribution in [0.25, 0.3) is 0 Å². The van der Waals surface area contributed by atoms with Crippen LogP contribution in [-0.4, -0.2) is 13.1 Å². The Hall–Kier alpha value is 1.01. The summed E-state index contributed by atoms with van der Waals surface area (Å²) in [5.41, 5.74) is 0. The summed E-state index contributed by atoms with van der Waals surface area (Å²) < 4.78 is 0. The van der Waals surface area contributed by atoms with E-state index in [4.69, 9.17) is 0 Å². The van der Waals surface area contributed by atoms with Crippen LogP contribution in [0.4, 0.5) is 0 Å². The van der Waals surface area contributed by atoms with E-state index in [0.717, 1.165) is 12.0 Å². The average molecular weight is 350 g/mol. The van der Waals surface area contributed by atoms with Crippen LogP contribution in [0.15, 0.2) is 0 Å². The minimum atomic E-state index is 0. The van der Waals surface area contributed by atoms with E-state index in [9.17, 15) is 0 Å². The van der Waals surface area contributed by atoms with Crippen LogP contribution < -0.4 is 5.32 Å². The minimum Gasteiger partial charge on any atom is -0.328 e. The normalized spacial score (nSPS) is 32.7. The van der Waals surface area contributed by atoms with Crippen LogP contribution in [0.2, 0.25) is 0 Å². The summed E-state index contributed by atoms with van der Waals surface area (Å²) in [6.45, 7) is 2.15. The van der Waals surface area contributed by atoms with Gasteiger partial charge in [-0.1, -0.05) is 12.8 Å². The Kier molecular flexibility index (Phi) is 5.31. The van der Waals surface area contributed by atoms with Crippen molar-refractivity contribution >= 4 is 0 Å². The maximum Gasteiger partial charge on any atom is 0.00204 e. The van der Waals surface area contributed by atoms with Gasteiger partial charge in [0.2, 0.25) is 0 Å². The van der Waals surface area contributed by atoms with Gasteiger partial charge < -0.3 is 11.7 Å². The van der Waals surface area contributed by atoms with Crippen molar-refractivity contribution in [2.24, 2.45) is 5.92 Å². The van der Waals surface area contributed by atoms with Crippen molar-refractivity contribution in [3.05, 3.63) is 6.42 Å². The van der Waals surface area contributed by atoms with E-state index >= 15 is 0 Å². The van der Waals surface area contributed by atoms with Crippen molar-refractivity contribution < 1.29 is 31.1 Å². The number of nitrogens with one attached hydrogen (secondary N) is 1. The molecule has 1 N–H and O–H groups in total. The van der Waals surface area contributed by atoms with Gasteiger partial charge in [0.05, 0.1) is 0 Å². The summed E-state index contributed by atoms with van der Waals surface area (Å²) in [6, 6.07) is 0.816. The van der Waals surface area contributed by atoms with Gasteiger partial charge in [-0.2, -0.15) is 12.8 Å². The molecule has 0 saturated heterocycles. The van der Waals surface area contributed by atoms with E-state index in [1.165, 1.54) is 12.8 Å². The van der Waals surface area contributed by atoms with Crippen molar-refractivity contribution in [3.8, 4) is 0 Å². The first-order chi connectivity index (χ1) is 3.86. The Bertz CT molecular complexity index is 61.3. The Balaban J connectivity index is 0.000000640. The van der Waals surface area contributed by atoms with Crippen LogP contribution in [0.1, 0.15) is 19.8 Å². The molecule has 1 saturated carbocycles. The fourth-order valence-electron chi connectivity index (χ4n) is 1.17. The second kappa shape index (κ2) is 4.77. The number of hydrogen-bond acceptors (Lipinski definition) is 1. The predicted octanol–water partition coefficient (Wildman–Crippen LogP) is 1.21. The van der Waals surface area contributed by atoms with Gasteiger partial charge >= 0.3 is 0 Å². The van der Waals surface area contributed by atoms with Crippen LogP contribution in [-0.2, 0) is 0 Å². The molecule has 1 aliphatic carbocycles. The maximum absolute atomic E-state index is 3.25. The molecule has 1 aliphatic rings. The van der Waals surface area contributed by atoms with Crippen molar-refractivity contribution in [1.29, 1.82) is 0 Å². The standard InChI is InChI=1S/C7H14N.U/c1-3-6-4-7(5-6)8-2;/h3,6-8H,4-5H2,1-2H3;/q-1;. The first-order valence-corrected chi connectivity index (χ1v) is 3.33. The number of hydrogen-bond donors (Lipinski definition) is 1. The predicted molar refractivity (Wildman–Crippen MR) is 35.5 cm³/mol. The van der Waals surface area contributed by atoms with E-state index < -0.39 is 0 Å². The molecule has 0 aromatic rings. The fourth-order valence-corrected chi connectivity index (χ4v) is 1.17. The molecule has 52 valence electrons. The molecule has 1 fully saturated rings. The molecule has 0 amide bonds. The summed E-state index contributed by atoms with van der Waals surface area (Å²) in [6.07, 6.45) is 5.01. The monoisotopic (exact) mass is 350 g/mol. The van der Waals surface area contributed by atoms with Crippen LogP contribution >= 0.6 is 0 Å². The molecule has 0 aromatic carbocycles. The Labute approximate surface area is 81.4 Å². The Morgan fingerprint density at radius 2 is 2.00 bits per heavy atom. The van der Waals surface area contributed by atoms with Crippen molar-refractivity contribution in [2.75, 3.05) is 7.05 Å². The fraction of sp³-hybridized carbons (Fsp3) is 0.857. The molecule has 0 radical (unpaired) electrons. The second-order valence-corrected chi connectivity index (χ2v) is 2.55. The minimum absolute atomic E-state index is 0. The van der Waals surface area contributed by atoms with Gasteiger partial charge in [-0.05, 0) is 7.05 Å². The zero-order valence-electron chi connectivity index (χ0n) is 6.15. The third kappa shape index (κ3) is 2.62. The van der Waals surface area contributed by atoms with E-state index in [2.05, 4.69) is 18.7 Å². The van der Waals surface area contributed by atoms with Gasteiger partial charge in [0, 0.05) is 37.2 Å². The van der Waals surface area contributed by atoms with Crippen LogP contribution in [0, 0.1) is 43.5 Å². The summed E-state index contributed by atoms with van der Waals surface area (Å²) >= 11 is 0. The zero-order chi connectivity index (χ0) is 5.98. The van der Waals surface area contributed by atoms with E-state index in [1.807, 2.05) is 7.05 Å². The summed E-state index contributed by atoms with van der Waals surface area (Å²) in [7, 11) is 2.04. The van der Waals surface area contributed by atoms with Gasteiger partial charge in [0.1, 0.15) is 0 Å². The second-order valence-electron chi connectivity index (χ2n) is 2.55. The quantitative estimate of drug-likeness (QED) is 0.739. The van der Waals surface area contributed by atoms with Crippen molar-refractivity contribution in [2.45, 2.75) is 25.8 Å². The third-order valence-electron chi connectivity index (χ3n) is 2.05. The molecular formula is C7H14NU-. The van der Waals surface area contributed by atoms with Gasteiger partial charge in [0.15, 0.2) is 0 Å². The SMILES string of the molecule is C[CH-]C1CC(NC)C1.[U]. The maximum atomic E-state index is 3.25. The molecule has 9 heavy (non-hydrogen) atoms. The number of rotatable bonds is 2. The van der Waals surface area contributed by atoms with Crippen LogP contribution in [0.3, 0.4) is 0 Å². The Morgan fingerprint density at radius 3 is 2.33 bits per heavy atom. The molecule has 0 spiro atoms. The van der Waals surface area contributed by atoms with Crippen molar-refractivity contribution in [1.82, 2.24) is 5.32 Å². The first-order valence-electron chi connectivity index (χ1n) is 3.33. The van der Waals surface area contributed by atoms with Gasteiger partial charge in [-0.15, -0.1) is 0 Å². The van der Waals surface area contributed by atoms with E-state index in [0.29, 0.717) is 0 Å². The summed E-state index contributed by atoms with van der Waals surface area (Å²) in [5.74, 6) is 0.910. The largest absolute Gasteiger partial charge is 0.328 e. The molecule has 2 heteroatoms. The molecule has 0 heterocycles. The topological polar surface area (TPSA) is 12.0 Å². The molecule has 0 unspecified atom stereocenters. The van der Waals surface area contributed by atoms with Crippen molar-refractivity contribution in [3.63, 3.8) is 0 Å². The van der Waals surface area contributed by atoms with E-state index in [-0.39, 0.29) is 31.1 Å². The average Bonchev–Trinajstić information content (AvgIpc) is 1.65. The van der Waals surface area contributed by atoms with Gasteiger partial charge in [0.25, 0.3) is 0 Å². The molecule has 1 rings (SSSR count). The zero-order valence-corrected chi connectivity index (χ0v) is 10.3. The van der Waals surface area contributed by atoms with Crippen LogP contribution in [0.5, 0.6) is 0 Å². The molecule has 0 aliphatic heterocycles. The Morgan fingerprint density at radius 1 is 1.44 bits per heavy atom. The smallest absolute Gasteiger partial charge is 0.00204 e. The van der Waals surface area contributed by atoms with E-state index in [1.54, 1.807) is 0 Å². The molecule has 1 nitrogen and oxygen atoms in total. The van der Waals surface area contributed by atoms with Gasteiger partial charge in [-0.25, -0.2) is 0 Å². The third-order valence-corrected chi connectivity index (χ3v) is 2.05. The molecule has 0 bridgehead atoms. The molecule has 0 aromatic heterocycles. The summed E-state index contributed by atoms with van der Waals surface area (Å²) in [5, 5.41) is 3.25. The first kappa shape index (κ1) is 10.0. The molecule has 0 atom stereocenters.